The molecule has 3 N–H and O–H groups in total. The molecule has 2 aromatic rings. The highest BCUT2D eigenvalue weighted by Crippen LogP contribution is 2.22. The van der Waals surface area contributed by atoms with Crippen molar-refractivity contribution in [1.29, 1.82) is 0 Å². The van der Waals surface area contributed by atoms with E-state index in [9.17, 15) is 4.79 Å². The van der Waals surface area contributed by atoms with Gasteiger partial charge >= 0.3 is 0 Å². The summed E-state index contributed by atoms with van der Waals surface area (Å²) in [6.07, 6.45) is 6.09. The molecular formula is C17H25N3O. The maximum atomic E-state index is 12.8. The summed E-state index contributed by atoms with van der Waals surface area (Å²) in [6, 6.07) is 5.64. The van der Waals surface area contributed by atoms with Crippen LogP contribution in [0.15, 0.2) is 24.4 Å². The molecule has 114 valence electrons. The van der Waals surface area contributed by atoms with Gasteiger partial charge in [0.15, 0.2) is 0 Å². The van der Waals surface area contributed by atoms with Crippen molar-refractivity contribution in [1.82, 2.24) is 9.88 Å². The molecule has 0 spiro atoms. The van der Waals surface area contributed by atoms with E-state index in [4.69, 9.17) is 5.73 Å². The van der Waals surface area contributed by atoms with E-state index in [-0.39, 0.29) is 5.91 Å². The molecule has 4 nitrogen and oxygen atoms in total. The SMILES string of the molecule is CCCCN(CCCC)C(=O)c1c[nH]c2cc(N)ccc12. The number of anilines is 1. The Kier molecular flexibility index (Phi) is 5.26. The number of nitrogens with zero attached hydrogens (tertiary/aromatic N) is 1. The predicted molar refractivity (Wildman–Crippen MR) is 88.4 cm³/mol. The van der Waals surface area contributed by atoms with Crippen LogP contribution in [0.2, 0.25) is 0 Å². The first kappa shape index (κ1) is 15.4. The fourth-order valence-corrected chi connectivity index (χ4v) is 2.50. The zero-order valence-corrected chi connectivity index (χ0v) is 13.0. The number of aromatic nitrogens is 1. The Labute approximate surface area is 126 Å². The quantitative estimate of drug-likeness (QED) is 0.761. The van der Waals surface area contributed by atoms with Crippen LogP contribution in [0.1, 0.15) is 49.9 Å². The van der Waals surface area contributed by atoms with Gasteiger partial charge in [0.25, 0.3) is 5.91 Å². The molecular weight excluding hydrogens is 262 g/mol. The topological polar surface area (TPSA) is 62.1 Å². The Morgan fingerprint density at radius 2 is 1.86 bits per heavy atom. The van der Waals surface area contributed by atoms with Gasteiger partial charge in [0.2, 0.25) is 0 Å². The number of H-pyrrole nitrogens is 1. The number of fused-ring (bicyclic) bond motifs is 1. The van der Waals surface area contributed by atoms with Gasteiger partial charge in [0.1, 0.15) is 0 Å². The fourth-order valence-electron chi connectivity index (χ4n) is 2.50. The van der Waals surface area contributed by atoms with Gasteiger partial charge in [0.05, 0.1) is 5.56 Å². The second-order valence-electron chi connectivity index (χ2n) is 5.51. The van der Waals surface area contributed by atoms with Crippen molar-refractivity contribution in [2.24, 2.45) is 0 Å². The Bertz CT molecular complexity index is 595. The standard InChI is InChI=1S/C17H25N3O/c1-3-5-9-20(10-6-4-2)17(21)15-12-19-16-11-13(18)7-8-14(15)16/h7-8,11-12,19H,3-6,9-10,18H2,1-2H3. The molecule has 0 saturated carbocycles. The van der Waals surface area contributed by atoms with Crippen molar-refractivity contribution in [3.63, 3.8) is 0 Å². The van der Waals surface area contributed by atoms with Gasteiger partial charge in [-0.2, -0.15) is 0 Å². The van der Waals surface area contributed by atoms with Crippen molar-refractivity contribution < 1.29 is 4.79 Å². The Hall–Kier alpha value is -1.97. The number of aromatic amines is 1. The molecule has 1 aromatic heterocycles. The monoisotopic (exact) mass is 287 g/mol. The zero-order chi connectivity index (χ0) is 15.2. The van der Waals surface area contributed by atoms with Crippen molar-refractivity contribution >= 4 is 22.5 Å². The van der Waals surface area contributed by atoms with Gasteiger partial charge in [-0.25, -0.2) is 0 Å². The molecule has 0 saturated heterocycles. The third kappa shape index (κ3) is 3.57. The van der Waals surface area contributed by atoms with Crippen LogP contribution in [-0.2, 0) is 0 Å². The van der Waals surface area contributed by atoms with E-state index in [1.165, 1.54) is 0 Å². The summed E-state index contributed by atoms with van der Waals surface area (Å²) in [6.45, 7) is 5.96. The third-order valence-corrected chi connectivity index (χ3v) is 3.79. The number of nitrogens with one attached hydrogen (secondary N) is 1. The highest BCUT2D eigenvalue weighted by molar-refractivity contribution is 6.07. The molecule has 0 atom stereocenters. The van der Waals surface area contributed by atoms with Crippen LogP contribution in [0.25, 0.3) is 10.9 Å². The number of amides is 1. The minimum atomic E-state index is 0.118. The maximum Gasteiger partial charge on any atom is 0.256 e. The molecule has 4 heteroatoms. The van der Waals surface area contributed by atoms with Gasteiger partial charge in [-0.3, -0.25) is 4.79 Å². The Balaban J connectivity index is 2.24. The highest BCUT2D eigenvalue weighted by atomic mass is 16.2. The molecule has 1 aromatic carbocycles. The van der Waals surface area contributed by atoms with E-state index in [1.807, 2.05) is 23.1 Å². The first-order valence-electron chi connectivity index (χ1n) is 7.83. The average molecular weight is 287 g/mol. The lowest BCUT2D eigenvalue weighted by molar-refractivity contribution is 0.0753. The number of carbonyl (C=O) groups is 1. The lowest BCUT2D eigenvalue weighted by Crippen LogP contribution is -2.32. The van der Waals surface area contributed by atoms with Crippen molar-refractivity contribution in [2.75, 3.05) is 18.8 Å². The zero-order valence-electron chi connectivity index (χ0n) is 13.0. The second kappa shape index (κ2) is 7.16. The minimum Gasteiger partial charge on any atom is -0.399 e. The van der Waals surface area contributed by atoms with Crippen molar-refractivity contribution in [2.45, 2.75) is 39.5 Å². The van der Waals surface area contributed by atoms with Gasteiger partial charge in [-0.15, -0.1) is 0 Å². The van der Waals surface area contributed by atoms with E-state index >= 15 is 0 Å². The van der Waals surface area contributed by atoms with E-state index in [1.54, 1.807) is 6.20 Å². The van der Waals surface area contributed by atoms with Crippen LogP contribution in [0.5, 0.6) is 0 Å². The van der Waals surface area contributed by atoms with E-state index in [0.29, 0.717) is 5.69 Å². The van der Waals surface area contributed by atoms with Gasteiger partial charge in [0, 0.05) is 35.9 Å². The first-order chi connectivity index (χ1) is 10.2. The minimum absolute atomic E-state index is 0.118. The summed E-state index contributed by atoms with van der Waals surface area (Å²) >= 11 is 0. The number of hydrogen-bond acceptors (Lipinski definition) is 2. The van der Waals surface area contributed by atoms with Crippen molar-refractivity contribution in [3.05, 3.63) is 30.0 Å². The number of carbonyl (C=O) groups excluding carboxylic acids is 1. The highest BCUT2D eigenvalue weighted by Gasteiger charge is 2.18. The van der Waals surface area contributed by atoms with Crippen LogP contribution in [0.4, 0.5) is 5.69 Å². The van der Waals surface area contributed by atoms with Crippen LogP contribution in [0, 0.1) is 0 Å². The number of nitrogens with two attached hydrogens (primary N) is 1. The number of nitrogen functional groups attached to an aromatic ring is 1. The fraction of sp³-hybridized carbons (Fsp3) is 0.471. The number of benzene rings is 1. The van der Waals surface area contributed by atoms with Gasteiger partial charge in [-0.05, 0) is 31.0 Å². The second-order valence-corrected chi connectivity index (χ2v) is 5.51. The lowest BCUT2D eigenvalue weighted by atomic mass is 10.1. The predicted octanol–water partition coefficient (Wildman–Crippen LogP) is 3.79. The summed E-state index contributed by atoms with van der Waals surface area (Å²) in [5.41, 5.74) is 8.16. The molecule has 0 aliphatic rings. The van der Waals surface area contributed by atoms with E-state index < -0.39 is 0 Å². The molecule has 0 aliphatic carbocycles. The van der Waals surface area contributed by atoms with Crippen LogP contribution in [-0.4, -0.2) is 28.9 Å². The molecule has 1 heterocycles. The molecule has 2 rings (SSSR count). The smallest absolute Gasteiger partial charge is 0.256 e. The summed E-state index contributed by atoms with van der Waals surface area (Å²) in [5, 5.41) is 0.951. The summed E-state index contributed by atoms with van der Waals surface area (Å²) in [7, 11) is 0. The first-order valence-corrected chi connectivity index (χ1v) is 7.83. The maximum absolute atomic E-state index is 12.8. The number of unbranched alkanes of at least 4 members (excludes halogenated alkanes) is 2. The molecule has 21 heavy (non-hydrogen) atoms. The van der Waals surface area contributed by atoms with Gasteiger partial charge in [-0.1, -0.05) is 26.7 Å². The molecule has 1 amide bonds. The summed E-state index contributed by atoms with van der Waals surface area (Å²) < 4.78 is 0. The van der Waals surface area contributed by atoms with E-state index in [0.717, 1.165) is 55.2 Å². The number of rotatable bonds is 7. The van der Waals surface area contributed by atoms with Crippen LogP contribution < -0.4 is 5.73 Å². The molecule has 0 unspecified atom stereocenters. The average Bonchev–Trinajstić information content (AvgIpc) is 2.89. The lowest BCUT2D eigenvalue weighted by Gasteiger charge is -2.22. The largest absolute Gasteiger partial charge is 0.399 e. The summed E-state index contributed by atoms with van der Waals surface area (Å²) in [5.74, 6) is 0.118. The van der Waals surface area contributed by atoms with Crippen LogP contribution in [0.3, 0.4) is 0 Å². The van der Waals surface area contributed by atoms with Crippen LogP contribution >= 0.6 is 0 Å². The molecule has 0 fully saturated rings. The number of hydrogen-bond donors (Lipinski definition) is 2. The summed E-state index contributed by atoms with van der Waals surface area (Å²) in [4.78, 5) is 17.9. The van der Waals surface area contributed by atoms with Gasteiger partial charge < -0.3 is 15.6 Å². The third-order valence-electron chi connectivity index (χ3n) is 3.79. The van der Waals surface area contributed by atoms with E-state index in [2.05, 4.69) is 18.8 Å². The molecule has 0 bridgehead atoms. The molecule has 0 aliphatic heterocycles. The molecule has 0 radical (unpaired) electrons. The van der Waals surface area contributed by atoms with Crippen molar-refractivity contribution in [3.8, 4) is 0 Å². The Morgan fingerprint density at radius 3 is 2.48 bits per heavy atom. The normalized spacial score (nSPS) is 11.0. The Morgan fingerprint density at radius 1 is 1.19 bits per heavy atom.